The number of aliphatic hydroxyl groups excluding tert-OH is 1. The third-order valence-electron chi connectivity index (χ3n) is 4.28. The maximum Gasteiger partial charge on any atom is 0.220 e. The topological polar surface area (TPSA) is 61.4 Å². The van der Waals surface area contributed by atoms with Crippen LogP contribution in [0.1, 0.15) is 52.4 Å². The molecule has 1 saturated heterocycles. The normalized spacial score (nSPS) is 21.4. The summed E-state index contributed by atoms with van der Waals surface area (Å²) in [5.41, 5.74) is 0. The van der Waals surface area contributed by atoms with Crippen molar-refractivity contribution in [2.45, 2.75) is 58.5 Å². The van der Waals surface area contributed by atoms with Crippen LogP contribution in [0.2, 0.25) is 0 Å². The minimum atomic E-state index is -0.407. The summed E-state index contributed by atoms with van der Waals surface area (Å²) in [6.07, 6.45) is 5.51. The molecule has 19 heavy (non-hydrogen) atoms. The van der Waals surface area contributed by atoms with Crippen LogP contribution in [0.3, 0.4) is 0 Å². The number of amides is 1. The van der Waals surface area contributed by atoms with Crippen LogP contribution in [-0.4, -0.2) is 36.8 Å². The summed E-state index contributed by atoms with van der Waals surface area (Å²) in [6, 6.07) is 0. The van der Waals surface area contributed by atoms with Gasteiger partial charge in [0.25, 0.3) is 0 Å². The number of nitrogens with one attached hydrogen (secondary N) is 2. The zero-order valence-electron chi connectivity index (χ0n) is 12.5. The lowest BCUT2D eigenvalue weighted by molar-refractivity contribution is -0.122. The lowest BCUT2D eigenvalue weighted by Crippen LogP contribution is -2.36. The van der Waals surface area contributed by atoms with Crippen LogP contribution in [0.15, 0.2) is 0 Å². The summed E-state index contributed by atoms with van der Waals surface area (Å²) in [5.74, 6) is 1.02. The highest BCUT2D eigenvalue weighted by atomic mass is 16.3. The molecule has 2 atom stereocenters. The highest BCUT2D eigenvalue weighted by molar-refractivity contribution is 5.75. The van der Waals surface area contributed by atoms with Gasteiger partial charge in [0.2, 0.25) is 5.91 Å². The molecule has 0 aliphatic carbocycles. The van der Waals surface area contributed by atoms with Gasteiger partial charge in [0.05, 0.1) is 6.10 Å². The molecule has 0 spiro atoms. The van der Waals surface area contributed by atoms with Crippen LogP contribution in [0.5, 0.6) is 0 Å². The standard InChI is InChI=1S/C15H30N2O2/c1-3-13(4-2)14(18)11-17-15(19)8-7-12-6-5-9-16-10-12/h12-14,16,18H,3-11H2,1-2H3,(H,17,19). The molecule has 1 fully saturated rings. The molecule has 4 heteroatoms. The first kappa shape index (κ1) is 16.4. The molecule has 1 rings (SSSR count). The van der Waals surface area contributed by atoms with Crippen molar-refractivity contribution in [1.82, 2.24) is 10.6 Å². The summed E-state index contributed by atoms with van der Waals surface area (Å²) >= 11 is 0. The summed E-state index contributed by atoms with van der Waals surface area (Å²) in [4.78, 5) is 11.7. The highest BCUT2D eigenvalue weighted by Gasteiger charge is 2.17. The average molecular weight is 270 g/mol. The van der Waals surface area contributed by atoms with E-state index in [1.54, 1.807) is 0 Å². The molecule has 0 aromatic carbocycles. The third-order valence-corrected chi connectivity index (χ3v) is 4.28. The number of carbonyl (C=O) groups excluding carboxylic acids is 1. The van der Waals surface area contributed by atoms with Gasteiger partial charge < -0.3 is 15.7 Å². The van der Waals surface area contributed by atoms with Crippen LogP contribution in [-0.2, 0) is 4.79 Å². The molecular weight excluding hydrogens is 240 g/mol. The number of aliphatic hydroxyl groups is 1. The summed E-state index contributed by atoms with van der Waals surface area (Å²) in [7, 11) is 0. The van der Waals surface area contributed by atoms with Crippen LogP contribution in [0.25, 0.3) is 0 Å². The molecule has 1 aliphatic heterocycles. The number of rotatable bonds is 8. The van der Waals surface area contributed by atoms with E-state index < -0.39 is 6.10 Å². The van der Waals surface area contributed by atoms with Gasteiger partial charge in [0.1, 0.15) is 0 Å². The second-order valence-corrected chi connectivity index (χ2v) is 5.70. The van der Waals surface area contributed by atoms with Gasteiger partial charge in [-0.1, -0.05) is 26.7 Å². The molecule has 1 amide bonds. The first-order valence-electron chi connectivity index (χ1n) is 7.82. The Hall–Kier alpha value is -0.610. The van der Waals surface area contributed by atoms with Crippen LogP contribution in [0.4, 0.5) is 0 Å². The van der Waals surface area contributed by atoms with E-state index in [1.165, 1.54) is 12.8 Å². The van der Waals surface area contributed by atoms with Gasteiger partial charge >= 0.3 is 0 Å². The third kappa shape index (κ3) is 6.39. The molecule has 0 saturated carbocycles. The Morgan fingerprint density at radius 1 is 1.42 bits per heavy atom. The molecule has 1 aliphatic rings. The Kier molecular flexibility index (Phi) is 8.07. The quantitative estimate of drug-likeness (QED) is 0.629. The van der Waals surface area contributed by atoms with Crippen molar-refractivity contribution in [3.63, 3.8) is 0 Å². The van der Waals surface area contributed by atoms with Crippen molar-refractivity contribution in [3.05, 3.63) is 0 Å². The van der Waals surface area contributed by atoms with Gasteiger partial charge in [-0.3, -0.25) is 4.79 Å². The first-order chi connectivity index (χ1) is 9.17. The van der Waals surface area contributed by atoms with Gasteiger partial charge in [0, 0.05) is 13.0 Å². The Labute approximate surface area is 117 Å². The van der Waals surface area contributed by atoms with E-state index in [0.29, 0.717) is 24.8 Å². The molecule has 3 N–H and O–H groups in total. The van der Waals surface area contributed by atoms with Gasteiger partial charge in [-0.25, -0.2) is 0 Å². The molecule has 0 aromatic rings. The van der Waals surface area contributed by atoms with Crippen molar-refractivity contribution < 1.29 is 9.90 Å². The minimum Gasteiger partial charge on any atom is -0.391 e. The van der Waals surface area contributed by atoms with E-state index in [0.717, 1.165) is 32.4 Å². The lowest BCUT2D eigenvalue weighted by Gasteiger charge is -2.23. The molecular formula is C15H30N2O2. The monoisotopic (exact) mass is 270 g/mol. The zero-order chi connectivity index (χ0) is 14.1. The smallest absolute Gasteiger partial charge is 0.220 e. The fourth-order valence-corrected chi connectivity index (χ4v) is 2.81. The Morgan fingerprint density at radius 2 is 2.16 bits per heavy atom. The number of piperidine rings is 1. The summed E-state index contributed by atoms with van der Waals surface area (Å²) in [6.45, 7) is 6.71. The minimum absolute atomic E-state index is 0.0792. The van der Waals surface area contributed by atoms with Crippen LogP contribution < -0.4 is 10.6 Å². The van der Waals surface area contributed by atoms with Gasteiger partial charge in [-0.05, 0) is 44.2 Å². The Balaban J connectivity index is 2.13. The van der Waals surface area contributed by atoms with E-state index in [4.69, 9.17) is 0 Å². The fraction of sp³-hybridized carbons (Fsp3) is 0.933. The average Bonchev–Trinajstić information content (AvgIpc) is 2.45. The molecule has 0 radical (unpaired) electrons. The Bertz CT molecular complexity index is 249. The van der Waals surface area contributed by atoms with E-state index in [9.17, 15) is 9.90 Å². The second-order valence-electron chi connectivity index (χ2n) is 5.70. The maximum absolute atomic E-state index is 11.7. The highest BCUT2D eigenvalue weighted by Crippen LogP contribution is 2.16. The molecule has 112 valence electrons. The van der Waals surface area contributed by atoms with Crippen LogP contribution in [0, 0.1) is 11.8 Å². The number of hydrogen-bond acceptors (Lipinski definition) is 3. The largest absolute Gasteiger partial charge is 0.391 e. The lowest BCUT2D eigenvalue weighted by atomic mass is 9.94. The van der Waals surface area contributed by atoms with Gasteiger partial charge in [-0.15, -0.1) is 0 Å². The number of carbonyl (C=O) groups is 1. The van der Waals surface area contributed by atoms with Crippen molar-refractivity contribution in [2.75, 3.05) is 19.6 Å². The maximum atomic E-state index is 11.7. The van der Waals surface area contributed by atoms with E-state index in [1.807, 2.05) is 0 Å². The summed E-state index contributed by atoms with van der Waals surface area (Å²) < 4.78 is 0. The molecule has 1 heterocycles. The van der Waals surface area contributed by atoms with E-state index >= 15 is 0 Å². The van der Waals surface area contributed by atoms with Gasteiger partial charge in [-0.2, -0.15) is 0 Å². The fourth-order valence-electron chi connectivity index (χ4n) is 2.81. The first-order valence-corrected chi connectivity index (χ1v) is 7.82. The Morgan fingerprint density at radius 3 is 2.74 bits per heavy atom. The predicted octanol–water partition coefficient (Wildman–Crippen LogP) is 1.68. The molecule has 0 bridgehead atoms. The predicted molar refractivity (Wildman–Crippen MR) is 77.9 cm³/mol. The zero-order valence-corrected chi connectivity index (χ0v) is 12.5. The van der Waals surface area contributed by atoms with Gasteiger partial charge in [0.15, 0.2) is 0 Å². The van der Waals surface area contributed by atoms with Crippen molar-refractivity contribution in [3.8, 4) is 0 Å². The molecule has 0 aromatic heterocycles. The second kappa shape index (κ2) is 9.32. The summed E-state index contributed by atoms with van der Waals surface area (Å²) in [5, 5.41) is 16.2. The van der Waals surface area contributed by atoms with E-state index in [-0.39, 0.29) is 5.91 Å². The van der Waals surface area contributed by atoms with Crippen molar-refractivity contribution in [2.24, 2.45) is 11.8 Å². The SMILES string of the molecule is CCC(CC)C(O)CNC(=O)CCC1CCCNC1. The number of hydrogen-bond donors (Lipinski definition) is 3. The molecule has 4 nitrogen and oxygen atoms in total. The van der Waals surface area contributed by atoms with E-state index in [2.05, 4.69) is 24.5 Å². The molecule has 2 unspecified atom stereocenters. The van der Waals surface area contributed by atoms with Crippen molar-refractivity contribution >= 4 is 5.91 Å². The van der Waals surface area contributed by atoms with Crippen molar-refractivity contribution in [1.29, 1.82) is 0 Å². The van der Waals surface area contributed by atoms with Crippen LogP contribution >= 0.6 is 0 Å².